The molecule has 1 aliphatic rings. The van der Waals surface area contributed by atoms with Gasteiger partial charge in [0.05, 0.1) is 6.54 Å². The maximum absolute atomic E-state index is 10.8. The molecule has 1 atom stereocenters. The van der Waals surface area contributed by atoms with E-state index in [0.29, 0.717) is 12.3 Å². The van der Waals surface area contributed by atoms with E-state index in [2.05, 4.69) is 11.8 Å². The first-order chi connectivity index (χ1) is 5.18. The SMILES string of the molecule is CC(=O)CN1CCC[C@H](C)C1. The molecule has 64 valence electrons. The third kappa shape index (κ3) is 3.02. The molecule has 1 saturated heterocycles. The van der Waals surface area contributed by atoms with Crippen LogP contribution in [0.1, 0.15) is 26.7 Å². The van der Waals surface area contributed by atoms with Crippen LogP contribution in [-0.4, -0.2) is 30.3 Å². The Morgan fingerprint density at radius 3 is 2.91 bits per heavy atom. The van der Waals surface area contributed by atoms with Crippen molar-refractivity contribution in [2.75, 3.05) is 19.6 Å². The molecule has 1 heterocycles. The molecule has 0 N–H and O–H groups in total. The first-order valence-corrected chi connectivity index (χ1v) is 4.40. The highest BCUT2D eigenvalue weighted by molar-refractivity contribution is 5.77. The van der Waals surface area contributed by atoms with Gasteiger partial charge in [0.25, 0.3) is 0 Å². The van der Waals surface area contributed by atoms with Gasteiger partial charge >= 0.3 is 0 Å². The molecule has 0 aliphatic carbocycles. The predicted molar refractivity (Wildman–Crippen MR) is 45.5 cm³/mol. The smallest absolute Gasteiger partial charge is 0.143 e. The molecule has 1 fully saturated rings. The van der Waals surface area contributed by atoms with Gasteiger partial charge in [-0.05, 0) is 32.2 Å². The number of carbonyl (C=O) groups excluding carboxylic acids is 1. The Morgan fingerprint density at radius 1 is 1.64 bits per heavy atom. The van der Waals surface area contributed by atoms with Gasteiger partial charge in [0, 0.05) is 6.54 Å². The van der Waals surface area contributed by atoms with E-state index in [0.717, 1.165) is 19.0 Å². The Morgan fingerprint density at radius 2 is 2.36 bits per heavy atom. The summed E-state index contributed by atoms with van der Waals surface area (Å²) in [5.74, 6) is 1.07. The van der Waals surface area contributed by atoms with E-state index in [4.69, 9.17) is 0 Å². The normalized spacial score (nSPS) is 26.9. The van der Waals surface area contributed by atoms with Crippen molar-refractivity contribution in [2.45, 2.75) is 26.7 Å². The van der Waals surface area contributed by atoms with Crippen LogP contribution in [0.25, 0.3) is 0 Å². The second-order valence-electron chi connectivity index (χ2n) is 3.68. The van der Waals surface area contributed by atoms with Crippen molar-refractivity contribution in [1.82, 2.24) is 4.90 Å². The number of Topliss-reactive ketones (excluding diaryl/α,β-unsaturated/α-hetero) is 1. The van der Waals surface area contributed by atoms with E-state index in [1.807, 2.05) is 0 Å². The lowest BCUT2D eigenvalue weighted by Crippen LogP contribution is -2.37. The van der Waals surface area contributed by atoms with Crippen LogP contribution >= 0.6 is 0 Å². The fourth-order valence-corrected chi connectivity index (χ4v) is 1.75. The molecule has 0 bridgehead atoms. The van der Waals surface area contributed by atoms with Gasteiger partial charge in [-0.2, -0.15) is 0 Å². The molecule has 2 heteroatoms. The van der Waals surface area contributed by atoms with Gasteiger partial charge in [-0.25, -0.2) is 0 Å². The van der Waals surface area contributed by atoms with Gasteiger partial charge in [-0.15, -0.1) is 0 Å². The van der Waals surface area contributed by atoms with Crippen LogP contribution in [0.5, 0.6) is 0 Å². The van der Waals surface area contributed by atoms with Gasteiger partial charge in [0.1, 0.15) is 5.78 Å². The molecule has 2 nitrogen and oxygen atoms in total. The molecular formula is C9H17NO. The summed E-state index contributed by atoms with van der Waals surface area (Å²) in [4.78, 5) is 13.0. The summed E-state index contributed by atoms with van der Waals surface area (Å²) in [6, 6.07) is 0. The van der Waals surface area contributed by atoms with E-state index < -0.39 is 0 Å². The second kappa shape index (κ2) is 3.86. The minimum Gasteiger partial charge on any atom is -0.299 e. The quantitative estimate of drug-likeness (QED) is 0.599. The largest absolute Gasteiger partial charge is 0.299 e. The number of nitrogens with zero attached hydrogens (tertiary/aromatic N) is 1. The Bertz CT molecular complexity index is 144. The van der Waals surface area contributed by atoms with Gasteiger partial charge in [0.2, 0.25) is 0 Å². The number of rotatable bonds is 2. The maximum Gasteiger partial charge on any atom is 0.143 e. The zero-order chi connectivity index (χ0) is 8.27. The molecule has 0 amide bonds. The van der Waals surface area contributed by atoms with Crippen molar-refractivity contribution in [1.29, 1.82) is 0 Å². The van der Waals surface area contributed by atoms with Crippen LogP contribution in [0.4, 0.5) is 0 Å². The summed E-state index contributed by atoms with van der Waals surface area (Å²) in [5, 5.41) is 0. The molecule has 0 aromatic carbocycles. The van der Waals surface area contributed by atoms with Gasteiger partial charge < -0.3 is 0 Å². The van der Waals surface area contributed by atoms with Gasteiger partial charge in [-0.1, -0.05) is 6.92 Å². The van der Waals surface area contributed by atoms with Crippen molar-refractivity contribution >= 4 is 5.78 Å². The minimum atomic E-state index is 0.291. The lowest BCUT2D eigenvalue weighted by atomic mass is 10.0. The summed E-state index contributed by atoms with van der Waals surface area (Å²) < 4.78 is 0. The zero-order valence-electron chi connectivity index (χ0n) is 7.47. The monoisotopic (exact) mass is 155 g/mol. The van der Waals surface area contributed by atoms with E-state index in [1.54, 1.807) is 6.92 Å². The van der Waals surface area contributed by atoms with E-state index in [-0.39, 0.29) is 0 Å². The van der Waals surface area contributed by atoms with Crippen LogP contribution in [0.2, 0.25) is 0 Å². The molecule has 0 aromatic rings. The standard InChI is InChI=1S/C9H17NO/c1-8-4-3-5-10(6-8)7-9(2)11/h8H,3-7H2,1-2H3/t8-/m0/s1. The topological polar surface area (TPSA) is 20.3 Å². The van der Waals surface area contributed by atoms with Crippen LogP contribution < -0.4 is 0 Å². The zero-order valence-corrected chi connectivity index (χ0v) is 7.47. The Kier molecular flexibility index (Phi) is 3.06. The van der Waals surface area contributed by atoms with E-state index in [1.165, 1.54) is 12.8 Å². The van der Waals surface area contributed by atoms with Crippen molar-refractivity contribution in [2.24, 2.45) is 5.92 Å². The average Bonchev–Trinajstić information content (AvgIpc) is 1.85. The third-order valence-corrected chi connectivity index (χ3v) is 2.19. The number of carbonyl (C=O) groups is 1. The first kappa shape index (κ1) is 8.72. The Hall–Kier alpha value is -0.370. The molecule has 0 aromatic heterocycles. The van der Waals surface area contributed by atoms with Gasteiger partial charge in [-0.3, -0.25) is 9.69 Å². The molecule has 0 unspecified atom stereocenters. The molecular weight excluding hydrogens is 138 g/mol. The molecule has 1 aliphatic heterocycles. The highest BCUT2D eigenvalue weighted by atomic mass is 16.1. The van der Waals surface area contributed by atoms with E-state index >= 15 is 0 Å². The van der Waals surface area contributed by atoms with Crippen LogP contribution in [-0.2, 0) is 4.79 Å². The summed E-state index contributed by atoms with van der Waals surface area (Å²) in [6.45, 7) is 6.80. The molecule has 0 spiro atoms. The fraction of sp³-hybridized carbons (Fsp3) is 0.889. The van der Waals surface area contributed by atoms with Crippen molar-refractivity contribution in [3.63, 3.8) is 0 Å². The Labute approximate surface area is 68.6 Å². The molecule has 0 radical (unpaired) electrons. The van der Waals surface area contributed by atoms with Gasteiger partial charge in [0.15, 0.2) is 0 Å². The summed E-state index contributed by atoms with van der Waals surface area (Å²) in [7, 11) is 0. The van der Waals surface area contributed by atoms with E-state index in [9.17, 15) is 4.79 Å². The highest BCUT2D eigenvalue weighted by Gasteiger charge is 2.16. The Balaban J connectivity index is 2.28. The van der Waals surface area contributed by atoms with Crippen LogP contribution in [0.15, 0.2) is 0 Å². The highest BCUT2D eigenvalue weighted by Crippen LogP contribution is 2.14. The second-order valence-corrected chi connectivity index (χ2v) is 3.68. The number of hydrogen-bond donors (Lipinski definition) is 0. The number of likely N-dealkylation sites (tertiary alicyclic amines) is 1. The lowest BCUT2D eigenvalue weighted by molar-refractivity contribution is -0.118. The third-order valence-electron chi connectivity index (χ3n) is 2.19. The summed E-state index contributed by atoms with van der Waals surface area (Å²) in [6.07, 6.45) is 2.59. The molecule has 11 heavy (non-hydrogen) atoms. The maximum atomic E-state index is 10.8. The number of piperidine rings is 1. The number of ketones is 1. The molecule has 0 saturated carbocycles. The summed E-state index contributed by atoms with van der Waals surface area (Å²) in [5.41, 5.74) is 0. The van der Waals surface area contributed by atoms with Crippen LogP contribution in [0, 0.1) is 5.92 Å². The fourth-order valence-electron chi connectivity index (χ4n) is 1.75. The van der Waals surface area contributed by atoms with Crippen molar-refractivity contribution < 1.29 is 4.79 Å². The summed E-state index contributed by atoms with van der Waals surface area (Å²) >= 11 is 0. The first-order valence-electron chi connectivity index (χ1n) is 4.40. The van der Waals surface area contributed by atoms with Crippen LogP contribution in [0.3, 0.4) is 0 Å². The van der Waals surface area contributed by atoms with Crippen molar-refractivity contribution in [3.05, 3.63) is 0 Å². The molecule has 1 rings (SSSR count). The average molecular weight is 155 g/mol. The number of hydrogen-bond acceptors (Lipinski definition) is 2. The van der Waals surface area contributed by atoms with Crippen molar-refractivity contribution in [3.8, 4) is 0 Å². The lowest BCUT2D eigenvalue weighted by Gasteiger charge is -2.29. The predicted octanol–water partition coefficient (Wildman–Crippen LogP) is 1.31. The minimum absolute atomic E-state index is 0.291.